The number of hydrogen-bond acceptors (Lipinski definition) is 2. The number of pyridine rings is 1. The molecular weight excluding hydrogens is 184 g/mol. The molecular formula is C13H16N2. The van der Waals surface area contributed by atoms with Gasteiger partial charge in [-0.15, -0.1) is 0 Å². The second-order valence-corrected chi connectivity index (χ2v) is 4.66. The van der Waals surface area contributed by atoms with Crippen molar-refractivity contribution in [3.8, 4) is 0 Å². The molecule has 0 amide bonds. The Morgan fingerprint density at radius 2 is 2.33 bits per heavy atom. The Balaban J connectivity index is 1.57. The van der Waals surface area contributed by atoms with E-state index in [2.05, 4.69) is 28.5 Å². The zero-order valence-corrected chi connectivity index (χ0v) is 8.76. The Kier molecular flexibility index (Phi) is 2.20. The van der Waals surface area contributed by atoms with Gasteiger partial charge in [0.1, 0.15) is 0 Å². The van der Waals surface area contributed by atoms with Crippen LogP contribution < -0.4 is 5.32 Å². The third-order valence-electron chi connectivity index (χ3n) is 3.65. The van der Waals surface area contributed by atoms with Crippen molar-refractivity contribution in [2.75, 3.05) is 11.9 Å². The van der Waals surface area contributed by atoms with Crippen molar-refractivity contribution in [1.29, 1.82) is 0 Å². The summed E-state index contributed by atoms with van der Waals surface area (Å²) < 4.78 is 0. The molecule has 3 atom stereocenters. The summed E-state index contributed by atoms with van der Waals surface area (Å²) in [6, 6.07) is 4.05. The van der Waals surface area contributed by atoms with Crippen molar-refractivity contribution in [3.63, 3.8) is 0 Å². The van der Waals surface area contributed by atoms with Gasteiger partial charge in [-0.25, -0.2) is 0 Å². The van der Waals surface area contributed by atoms with Gasteiger partial charge >= 0.3 is 0 Å². The van der Waals surface area contributed by atoms with Crippen molar-refractivity contribution in [2.24, 2.45) is 17.8 Å². The van der Waals surface area contributed by atoms with E-state index in [1.54, 1.807) is 0 Å². The van der Waals surface area contributed by atoms with Crippen LogP contribution in [0.5, 0.6) is 0 Å². The number of nitrogens with one attached hydrogen (secondary N) is 1. The first kappa shape index (κ1) is 8.96. The summed E-state index contributed by atoms with van der Waals surface area (Å²) in [6.07, 6.45) is 11.3. The summed E-state index contributed by atoms with van der Waals surface area (Å²) in [7, 11) is 0. The second-order valence-electron chi connectivity index (χ2n) is 4.66. The first-order chi connectivity index (χ1) is 7.42. The molecule has 0 spiro atoms. The first-order valence-corrected chi connectivity index (χ1v) is 5.74. The summed E-state index contributed by atoms with van der Waals surface area (Å²) in [4.78, 5) is 4.10. The molecule has 0 saturated heterocycles. The molecule has 1 saturated carbocycles. The van der Waals surface area contributed by atoms with E-state index < -0.39 is 0 Å². The molecule has 3 unspecified atom stereocenters. The van der Waals surface area contributed by atoms with Gasteiger partial charge in [0.05, 0.1) is 5.69 Å². The van der Waals surface area contributed by atoms with Crippen molar-refractivity contribution < 1.29 is 0 Å². The van der Waals surface area contributed by atoms with Crippen LogP contribution in [-0.4, -0.2) is 11.5 Å². The fourth-order valence-electron chi connectivity index (χ4n) is 2.85. The zero-order valence-electron chi connectivity index (χ0n) is 8.76. The molecule has 1 N–H and O–H groups in total. The fourth-order valence-corrected chi connectivity index (χ4v) is 2.85. The molecule has 2 nitrogen and oxygen atoms in total. The zero-order chi connectivity index (χ0) is 10.1. The van der Waals surface area contributed by atoms with Crippen LogP contribution in [0, 0.1) is 17.8 Å². The van der Waals surface area contributed by atoms with Crippen LogP contribution in [0.15, 0.2) is 36.7 Å². The number of nitrogens with zero attached hydrogens (tertiary/aromatic N) is 1. The van der Waals surface area contributed by atoms with Crippen LogP contribution in [0.1, 0.15) is 12.8 Å². The molecule has 0 radical (unpaired) electrons. The Morgan fingerprint density at radius 3 is 3.00 bits per heavy atom. The average molecular weight is 200 g/mol. The molecule has 78 valence electrons. The monoisotopic (exact) mass is 200 g/mol. The molecule has 2 aliphatic carbocycles. The van der Waals surface area contributed by atoms with E-state index in [4.69, 9.17) is 0 Å². The van der Waals surface area contributed by atoms with E-state index in [-0.39, 0.29) is 0 Å². The minimum atomic E-state index is 0.833. The van der Waals surface area contributed by atoms with Crippen molar-refractivity contribution in [2.45, 2.75) is 12.8 Å². The summed E-state index contributed by atoms with van der Waals surface area (Å²) in [5.41, 5.74) is 1.14. The maximum atomic E-state index is 4.10. The summed E-state index contributed by atoms with van der Waals surface area (Å²) in [5.74, 6) is 2.54. The molecule has 0 aromatic carbocycles. The van der Waals surface area contributed by atoms with Gasteiger partial charge < -0.3 is 5.32 Å². The molecule has 15 heavy (non-hydrogen) atoms. The highest BCUT2D eigenvalue weighted by Gasteiger charge is 2.35. The van der Waals surface area contributed by atoms with Crippen LogP contribution in [0.4, 0.5) is 5.69 Å². The Labute approximate surface area is 90.4 Å². The lowest BCUT2D eigenvalue weighted by molar-refractivity contribution is 0.472. The van der Waals surface area contributed by atoms with E-state index in [1.165, 1.54) is 12.8 Å². The topological polar surface area (TPSA) is 24.9 Å². The van der Waals surface area contributed by atoms with Gasteiger partial charge in [0, 0.05) is 18.9 Å². The van der Waals surface area contributed by atoms with Crippen LogP contribution in [-0.2, 0) is 0 Å². The standard InChI is InChI=1S/C13H16N2/c1-2-13(9-14-5-1)15-8-12-7-10-3-4-11(12)6-10/h1-5,9-12,15H,6-8H2. The summed E-state index contributed by atoms with van der Waals surface area (Å²) in [5, 5.41) is 3.48. The predicted molar refractivity (Wildman–Crippen MR) is 61.6 cm³/mol. The highest BCUT2D eigenvalue weighted by Crippen LogP contribution is 2.43. The van der Waals surface area contributed by atoms with Crippen LogP contribution in [0.2, 0.25) is 0 Å². The number of aromatic nitrogens is 1. The molecule has 3 rings (SSSR count). The normalized spacial score (nSPS) is 32.1. The van der Waals surface area contributed by atoms with Gasteiger partial charge in [0.2, 0.25) is 0 Å². The van der Waals surface area contributed by atoms with E-state index in [0.717, 1.165) is 30.0 Å². The van der Waals surface area contributed by atoms with E-state index in [9.17, 15) is 0 Å². The minimum absolute atomic E-state index is 0.833. The lowest BCUT2D eigenvalue weighted by Crippen LogP contribution is -2.18. The number of allylic oxidation sites excluding steroid dienone is 2. The van der Waals surface area contributed by atoms with Gasteiger partial charge in [-0.05, 0) is 42.7 Å². The van der Waals surface area contributed by atoms with Gasteiger partial charge in [0.25, 0.3) is 0 Å². The largest absolute Gasteiger partial charge is 0.384 e. The molecule has 2 aliphatic rings. The second kappa shape index (κ2) is 3.69. The van der Waals surface area contributed by atoms with Gasteiger partial charge in [-0.3, -0.25) is 4.98 Å². The van der Waals surface area contributed by atoms with Gasteiger partial charge in [-0.2, -0.15) is 0 Å². The quantitative estimate of drug-likeness (QED) is 0.759. The third kappa shape index (κ3) is 1.76. The molecule has 0 aliphatic heterocycles. The maximum absolute atomic E-state index is 4.10. The Bertz CT molecular complexity index is 358. The number of fused-ring (bicyclic) bond motifs is 2. The minimum Gasteiger partial charge on any atom is -0.384 e. The number of anilines is 1. The van der Waals surface area contributed by atoms with E-state index in [1.807, 2.05) is 18.5 Å². The van der Waals surface area contributed by atoms with E-state index >= 15 is 0 Å². The summed E-state index contributed by atoms with van der Waals surface area (Å²) >= 11 is 0. The Morgan fingerprint density at radius 1 is 1.33 bits per heavy atom. The van der Waals surface area contributed by atoms with Crippen molar-refractivity contribution in [1.82, 2.24) is 4.98 Å². The van der Waals surface area contributed by atoms with Crippen LogP contribution in [0.25, 0.3) is 0 Å². The smallest absolute Gasteiger partial charge is 0.0526 e. The van der Waals surface area contributed by atoms with Gasteiger partial charge in [-0.1, -0.05) is 12.2 Å². The molecule has 1 heterocycles. The number of rotatable bonds is 3. The molecule has 2 heteroatoms. The number of hydrogen-bond donors (Lipinski definition) is 1. The van der Waals surface area contributed by atoms with Crippen molar-refractivity contribution >= 4 is 5.69 Å². The fraction of sp³-hybridized carbons (Fsp3) is 0.462. The molecule has 1 fully saturated rings. The predicted octanol–water partition coefficient (Wildman–Crippen LogP) is 2.71. The first-order valence-electron chi connectivity index (χ1n) is 5.74. The lowest BCUT2D eigenvalue weighted by Gasteiger charge is -2.18. The van der Waals surface area contributed by atoms with Crippen LogP contribution >= 0.6 is 0 Å². The van der Waals surface area contributed by atoms with Crippen LogP contribution in [0.3, 0.4) is 0 Å². The Hall–Kier alpha value is -1.31. The molecule has 1 aromatic heterocycles. The highest BCUT2D eigenvalue weighted by molar-refractivity contribution is 5.39. The SMILES string of the molecule is C1=CC2CC1CC2CNc1cccnc1. The lowest BCUT2D eigenvalue weighted by atomic mass is 9.93. The summed E-state index contributed by atoms with van der Waals surface area (Å²) in [6.45, 7) is 1.09. The highest BCUT2D eigenvalue weighted by atomic mass is 14.9. The average Bonchev–Trinajstić information content (AvgIpc) is 2.89. The van der Waals surface area contributed by atoms with Gasteiger partial charge in [0.15, 0.2) is 0 Å². The molecule has 2 bridgehead atoms. The van der Waals surface area contributed by atoms with Crippen molar-refractivity contribution in [3.05, 3.63) is 36.7 Å². The molecule has 1 aromatic rings. The third-order valence-corrected chi connectivity index (χ3v) is 3.65. The van der Waals surface area contributed by atoms with E-state index in [0.29, 0.717) is 0 Å². The maximum Gasteiger partial charge on any atom is 0.0526 e.